The van der Waals surface area contributed by atoms with Gasteiger partial charge < -0.3 is 14.8 Å². The first kappa shape index (κ1) is 21.3. The van der Waals surface area contributed by atoms with E-state index in [9.17, 15) is 18.3 Å². The molecule has 0 unspecified atom stereocenters. The first-order chi connectivity index (χ1) is 13.8. The lowest BCUT2D eigenvalue weighted by molar-refractivity contribution is -0.115. The molecule has 1 aromatic carbocycles. The molecule has 3 rings (SSSR count). The van der Waals surface area contributed by atoms with Crippen molar-refractivity contribution in [2.24, 2.45) is 0 Å². The molecule has 0 fully saturated rings. The van der Waals surface area contributed by atoms with Crippen molar-refractivity contribution in [2.45, 2.75) is 37.8 Å². The summed E-state index contributed by atoms with van der Waals surface area (Å²) in [7, 11) is -3.73. The van der Waals surface area contributed by atoms with Crippen molar-refractivity contribution in [3.8, 4) is 0 Å². The van der Waals surface area contributed by atoms with Gasteiger partial charge >= 0.3 is 0 Å². The van der Waals surface area contributed by atoms with Gasteiger partial charge in [0.2, 0.25) is 15.9 Å². The van der Waals surface area contributed by atoms with Gasteiger partial charge in [0.15, 0.2) is 0 Å². The van der Waals surface area contributed by atoms with Gasteiger partial charge in [-0.3, -0.25) is 4.79 Å². The minimum absolute atomic E-state index is 0.103. The number of rotatable bonds is 8. The number of nitrogens with one attached hydrogen (secondary N) is 2. The van der Waals surface area contributed by atoms with Gasteiger partial charge in [-0.05, 0) is 55.0 Å². The second kappa shape index (κ2) is 8.91. The second-order valence-corrected chi connectivity index (χ2v) is 9.36. The Hall–Kier alpha value is -2.46. The van der Waals surface area contributed by atoms with E-state index in [2.05, 4.69) is 10.0 Å². The van der Waals surface area contributed by atoms with Gasteiger partial charge in [-0.15, -0.1) is 11.3 Å². The molecule has 154 valence electrons. The zero-order valence-corrected chi connectivity index (χ0v) is 17.6. The SMILES string of the molecule is CCC(=O)Nc1ccc(S(=O)(=O)NCc2ccc([C@H](O)c3ccco3)s2)c(C)c1. The molecule has 0 bridgehead atoms. The highest BCUT2D eigenvalue weighted by molar-refractivity contribution is 7.89. The van der Waals surface area contributed by atoms with Crippen LogP contribution in [0.1, 0.15) is 40.5 Å². The quantitative estimate of drug-likeness (QED) is 0.502. The first-order valence-corrected chi connectivity index (χ1v) is 11.3. The summed E-state index contributed by atoms with van der Waals surface area (Å²) < 4.78 is 33.2. The number of furan rings is 1. The van der Waals surface area contributed by atoms with E-state index in [1.54, 1.807) is 50.2 Å². The van der Waals surface area contributed by atoms with Crippen molar-refractivity contribution in [3.63, 3.8) is 0 Å². The van der Waals surface area contributed by atoms with Crippen LogP contribution in [0, 0.1) is 6.92 Å². The van der Waals surface area contributed by atoms with Crippen LogP contribution >= 0.6 is 11.3 Å². The number of carbonyl (C=O) groups excluding carboxylic acids is 1. The molecule has 3 N–H and O–H groups in total. The number of amides is 1. The van der Waals surface area contributed by atoms with E-state index in [4.69, 9.17) is 4.42 Å². The number of aliphatic hydroxyl groups is 1. The molecule has 7 nitrogen and oxygen atoms in total. The number of anilines is 1. The number of sulfonamides is 1. The number of carbonyl (C=O) groups is 1. The van der Waals surface area contributed by atoms with Crippen LogP contribution in [0.15, 0.2) is 58.0 Å². The fourth-order valence-electron chi connectivity index (χ4n) is 2.75. The summed E-state index contributed by atoms with van der Waals surface area (Å²) in [5.41, 5.74) is 1.09. The molecule has 0 saturated carbocycles. The molecule has 29 heavy (non-hydrogen) atoms. The Morgan fingerprint density at radius 2 is 2.03 bits per heavy atom. The smallest absolute Gasteiger partial charge is 0.241 e. The molecule has 0 spiro atoms. The highest BCUT2D eigenvalue weighted by Crippen LogP contribution is 2.29. The number of aliphatic hydroxyl groups excluding tert-OH is 1. The Bertz CT molecular complexity index is 1090. The summed E-state index contributed by atoms with van der Waals surface area (Å²) in [6, 6.07) is 11.6. The molecule has 0 aliphatic carbocycles. The molecule has 3 aromatic rings. The van der Waals surface area contributed by atoms with Crippen LogP contribution < -0.4 is 10.0 Å². The van der Waals surface area contributed by atoms with Crippen molar-refractivity contribution < 1.29 is 22.7 Å². The fourth-order valence-corrected chi connectivity index (χ4v) is 5.01. The van der Waals surface area contributed by atoms with Gasteiger partial charge in [0.25, 0.3) is 0 Å². The maximum absolute atomic E-state index is 12.7. The molecule has 0 radical (unpaired) electrons. The lowest BCUT2D eigenvalue weighted by atomic mass is 10.2. The monoisotopic (exact) mass is 434 g/mol. The van der Waals surface area contributed by atoms with Crippen LogP contribution in [0.4, 0.5) is 5.69 Å². The normalized spacial score (nSPS) is 12.7. The molecule has 0 aliphatic rings. The Morgan fingerprint density at radius 1 is 1.24 bits per heavy atom. The first-order valence-electron chi connectivity index (χ1n) is 9.00. The van der Waals surface area contributed by atoms with Gasteiger partial charge in [0, 0.05) is 28.4 Å². The van der Waals surface area contributed by atoms with Crippen LogP contribution in [0.2, 0.25) is 0 Å². The zero-order chi connectivity index (χ0) is 21.0. The Labute approximate surface area is 173 Å². The largest absolute Gasteiger partial charge is 0.466 e. The van der Waals surface area contributed by atoms with Crippen molar-refractivity contribution >= 4 is 33.0 Å². The van der Waals surface area contributed by atoms with Crippen LogP contribution in [-0.2, 0) is 21.4 Å². The predicted octanol–water partition coefficient (Wildman–Crippen LogP) is 3.56. The third-order valence-corrected chi connectivity index (χ3v) is 6.97. The van der Waals surface area contributed by atoms with Crippen LogP contribution in [-0.4, -0.2) is 19.4 Å². The fraction of sp³-hybridized carbons (Fsp3) is 0.250. The molecular formula is C20H22N2O5S2. The summed E-state index contributed by atoms with van der Waals surface area (Å²) in [6.07, 6.45) is 0.953. The Balaban J connectivity index is 1.68. The molecule has 1 amide bonds. The minimum atomic E-state index is -3.73. The van der Waals surface area contributed by atoms with E-state index < -0.39 is 16.1 Å². The summed E-state index contributed by atoms with van der Waals surface area (Å²) in [5.74, 6) is 0.299. The van der Waals surface area contributed by atoms with E-state index >= 15 is 0 Å². The summed E-state index contributed by atoms with van der Waals surface area (Å²) in [4.78, 5) is 13.1. The molecule has 0 aliphatic heterocycles. The van der Waals surface area contributed by atoms with E-state index in [1.807, 2.05) is 0 Å². The molecule has 1 atom stereocenters. The summed E-state index contributed by atoms with van der Waals surface area (Å²) >= 11 is 1.31. The van der Waals surface area contributed by atoms with Crippen LogP contribution in [0.25, 0.3) is 0 Å². The number of hydrogen-bond acceptors (Lipinski definition) is 6. The molecule has 0 saturated heterocycles. The maximum atomic E-state index is 12.7. The summed E-state index contributed by atoms with van der Waals surface area (Å²) in [5, 5.41) is 13.0. The maximum Gasteiger partial charge on any atom is 0.241 e. The predicted molar refractivity (Wildman–Crippen MR) is 111 cm³/mol. The number of hydrogen-bond donors (Lipinski definition) is 3. The van der Waals surface area contributed by atoms with E-state index in [-0.39, 0.29) is 17.3 Å². The lowest BCUT2D eigenvalue weighted by Gasteiger charge is -2.11. The van der Waals surface area contributed by atoms with Crippen molar-refractivity contribution in [3.05, 3.63) is 69.8 Å². The highest BCUT2D eigenvalue weighted by atomic mass is 32.2. The van der Waals surface area contributed by atoms with Crippen LogP contribution in [0.3, 0.4) is 0 Å². The van der Waals surface area contributed by atoms with Gasteiger partial charge in [0.1, 0.15) is 11.9 Å². The highest BCUT2D eigenvalue weighted by Gasteiger charge is 2.19. The average Bonchev–Trinajstić information content (AvgIpc) is 3.38. The standard InChI is InChI=1S/C20H22N2O5S2/c1-3-19(23)22-14-6-9-18(13(2)11-14)29(25,26)21-12-15-7-8-17(28-15)20(24)16-5-4-10-27-16/h4-11,20-21,24H,3,12H2,1-2H3,(H,22,23)/t20-/m1/s1. The van der Waals surface area contributed by atoms with E-state index in [0.717, 1.165) is 4.88 Å². The van der Waals surface area contributed by atoms with E-state index in [0.29, 0.717) is 28.3 Å². The van der Waals surface area contributed by atoms with Gasteiger partial charge in [-0.2, -0.15) is 0 Å². The Kier molecular flexibility index (Phi) is 6.53. The molecule has 9 heteroatoms. The van der Waals surface area contributed by atoms with Crippen molar-refractivity contribution in [1.82, 2.24) is 4.72 Å². The van der Waals surface area contributed by atoms with Gasteiger partial charge in [0.05, 0.1) is 11.2 Å². The number of thiophene rings is 1. The third-order valence-electron chi connectivity index (χ3n) is 4.27. The van der Waals surface area contributed by atoms with Gasteiger partial charge in [-0.1, -0.05) is 6.92 Å². The summed E-state index contributed by atoms with van der Waals surface area (Å²) in [6.45, 7) is 3.53. The average molecular weight is 435 g/mol. The molecular weight excluding hydrogens is 412 g/mol. The Morgan fingerprint density at radius 3 is 2.69 bits per heavy atom. The molecule has 2 heterocycles. The second-order valence-electron chi connectivity index (χ2n) is 6.43. The van der Waals surface area contributed by atoms with Gasteiger partial charge in [-0.25, -0.2) is 13.1 Å². The van der Waals surface area contributed by atoms with E-state index in [1.165, 1.54) is 23.7 Å². The minimum Gasteiger partial charge on any atom is -0.466 e. The number of benzene rings is 1. The lowest BCUT2D eigenvalue weighted by Crippen LogP contribution is -2.23. The topological polar surface area (TPSA) is 109 Å². The third kappa shape index (κ3) is 5.13. The molecule has 2 aromatic heterocycles. The van der Waals surface area contributed by atoms with Crippen molar-refractivity contribution in [1.29, 1.82) is 0 Å². The van der Waals surface area contributed by atoms with Crippen LogP contribution in [0.5, 0.6) is 0 Å². The number of aryl methyl sites for hydroxylation is 1. The van der Waals surface area contributed by atoms with Crippen molar-refractivity contribution in [2.75, 3.05) is 5.32 Å². The zero-order valence-electron chi connectivity index (χ0n) is 16.0.